The number of hydrogen-bond acceptors (Lipinski definition) is 3. The van der Waals surface area contributed by atoms with E-state index in [1.807, 2.05) is 24.3 Å². The third-order valence-corrected chi connectivity index (χ3v) is 4.86. The molecule has 0 aliphatic carbocycles. The van der Waals surface area contributed by atoms with Gasteiger partial charge in [-0.05, 0) is 36.8 Å². The number of nitrogens with one attached hydrogen (secondary N) is 1. The number of benzene rings is 1. The summed E-state index contributed by atoms with van der Waals surface area (Å²) in [5, 5.41) is 13.3. The summed E-state index contributed by atoms with van der Waals surface area (Å²) in [6.45, 7) is 8.11. The molecule has 1 aromatic rings. The predicted octanol–water partition coefficient (Wildman–Crippen LogP) is 2.26. The maximum Gasteiger partial charge on any atom is 0.243 e. The van der Waals surface area contributed by atoms with Crippen LogP contribution >= 0.6 is 0 Å². The average Bonchev–Trinajstić information content (AvgIpc) is 2.57. The quantitative estimate of drug-likeness (QED) is 0.830. The van der Waals surface area contributed by atoms with Crippen LogP contribution in [-0.4, -0.2) is 40.0 Å². The third kappa shape index (κ3) is 5.30. The normalized spacial score (nSPS) is 19.3. The molecule has 2 N–H and O–H groups in total. The van der Waals surface area contributed by atoms with Gasteiger partial charge in [0.05, 0.1) is 5.60 Å². The second-order valence-electron chi connectivity index (χ2n) is 7.78. The summed E-state index contributed by atoms with van der Waals surface area (Å²) >= 11 is 0. The van der Waals surface area contributed by atoms with Gasteiger partial charge in [0.15, 0.2) is 0 Å². The van der Waals surface area contributed by atoms with Crippen molar-refractivity contribution in [1.82, 2.24) is 10.2 Å². The van der Waals surface area contributed by atoms with Crippen LogP contribution in [0.4, 0.5) is 0 Å². The highest BCUT2D eigenvalue weighted by Gasteiger charge is 2.33. The number of nitrogens with zero attached hydrogens (tertiary/aromatic N) is 1. The van der Waals surface area contributed by atoms with Crippen LogP contribution in [0.25, 0.3) is 0 Å². The number of rotatable bonds is 6. The summed E-state index contributed by atoms with van der Waals surface area (Å²) < 4.78 is 0. The van der Waals surface area contributed by atoms with Crippen LogP contribution < -0.4 is 5.32 Å². The standard InChI is InChI=1S/C20H30N2O3/c1-14(2)9-10-20(4,25)13-21-19(24)18-11-16-7-5-6-8-17(16)12-22(18)15(3)23/h5-8,14,18,25H,9-13H2,1-4H3,(H,21,24). The Kier molecular flexibility index (Phi) is 6.22. The van der Waals surface area contributed by atoms with E-state index in [0.717, 1.165) is 17.5 Å². The predicted molar refractivity (Wildman–Crippen MR) is 97.9 cm³/mol. The summed E-state index contributed by atoms with van der Waals surface area (Å²) in [6.07, 6.45) is 2.05. The van der Waals surface area contributed by atoms with Crippen molar-refractivity contribution in [1.29, 1.82) is 0 Å². The van der Waals surface area contributed by atoms with E-state index in [1.165, 1.54) is 6.92 Å². The summed E-state index contributed by atoms with van der Waals surface area (Å²) in [7, 11) is 0. The lowest BCUT2D eigenvalue weighted by Gasteiger charge is -2.36. The molecule has 0 fully saturated rings. The average molecular weight is 346 g/mol. The molecule has 0 saturated heterocycles. The smallest absolute Gasteiger partial charge is 0.243 e. The van der Waals surface area contributed by atoms with Gasteiger partial charge in [-0.3, -0.25) is 9.59 Å². The molecule has 1 aliphatic heterocycles. The van der Waals surface area contributed by atoms with Crippen LogP contribution in [0.15, 0.2) is 24.3 Å². The molecule has 1 heterocycles. The highest BCUT2D eigenvalue weighted by atomic mass is 16.3. The van der Waals surface area contributed by atoms with Crippen molar-refractivity contribution in [2.24, 2.45) is 5.92 Å². The van der Waals surface area contributed by atoms with Gasteiger partial charge < -0.3 is 15.3 Å². The molecule has 0 spiro atoms. The van der Waals surface area contributed by atoms with Crippen molar-refractivity contribution < 1.29 is 14.7 Å². The van der Waals surface area contributed by atoms with E-state index >= 15 is 0 Å². The number of amides is 2. The first-order valence-electron chi connectivity index (χ1n) is 9.03. The second-order valence-corrected chi connectivity index (χ2v) is 7.78. The molecule has 0 saturated carbocycles. The fourth-order valence-corrected chi connectivity index (χ4v) is 3.17. The largest absolute Gasteiger partial charge is 0.388 e. The first-order valence-corrected chi connectivity index (χ1v) is 9.03. The number of fused-ring (bicyclic) bond motifs is 1. The molecule has 0 aromatic heterocycles. The molecule has 25 heavy (non-hydrogen) atoms. The molecule has 2 atom stereocenters. The topological polar surface area (TPSA) is 69.6 Å². The zero-order valence-electron chi connectivity index (χ0n) is 15.7. The van der Waals surface area contributed by atoms with Gasteiger partial charge in [-0.25, -0.2) is 0 Å². The van der Waals surface area contributed by atoms with Crippen LogP contribution in [0.5, 0.6) is 0 Å². The van der Waals surface area contributed by atoms with Gasteiger partial charge in [0.25, 0.3) is 0 Å². The minimum absolute atomic E-state index is 0.110. The molecule has 0 radical (unpaired) electrons. The SMILES string of the molecule is CC(=O)N1Cc2ccccc2CC1C(=O)NCC(C)(O)CCC(C)C. The van der Waals surface area contributed by atoms with Crippen LogP contribution in [0.3, 0.4) is 0 Å². The van der Waals surface area contributed by atoms with Gasteiger partial charge in [0, 0.05) is 26.4 Å². The maximum atomic E-state index is 12.7. The van der Waals surface area contributed by atoms with Crippen molar-refractivity contribution >= 4 is 11.8 Å². The Balaban J connectivity index is 2.03. The minimum atomic E-state index is -0.937. The van der Waals surface area contributed by atoms with Crippen LogP contribution in [-0.2, 0) is 22.6 Å². The van der Waals surface area contributed by atoms with E-state index in [9.17, 15) is 14.7 Å². The summed E-state index contributed by atoms with van der Waals surface area (Å²) in [5.41, 5.74) is 1.26. The Labute approximate surface area is 150 Å². The van der Waals surface area contributed by atoms with Crippen molar-refractivity contribution in [3.05, 3.63) is 35.4 Å². The van der Waals surface area contributed by atoms with Gasteiger partial charge in [-0.2, -0.15) is 0 Å². The van der Waals surface area contributed by atoms with E-state index < -0.39 is 11.6 Å². The zero-order valence-corrected chi connectivity index (χ0v) is 15.7. The lowest BCUT2D eigenvalue weighted by molar-refractivity contribution is -0.140. The number of carbonyl (C=O) groups excluding carboxylic acids is 2. The summed E-state index contributed by atoms with van der Waals surface area (Å²) in [4.78, 5) is 26.3. The van der Waals surface area contributed by atoms with Crippen LogP contribution in [0, 0.1) is 5.92 Å². The molecule has 5 nitrogen and oxygen atoms in total. The minimum Gasteiger partial charge on any atom is -0.388 e. The highest BCUT2D eigenvalue weighted by molar-refractivity contribution is 5.87. The molecule has 1 aliphatic rings. The van der Waals surface area contributed by atoms with E-state index in [4.69, 9.17) is 0 Å². The van der Waals surface area contributed by atoms with Gasteiger partial charge in [0.2, 0.25) is 11.8 Å². The fourth-order valence-electron chi connectivity index (χ4n) is 3.17. The summed E-state index contributed by atoms with van der Waals surface area (Å²) in [5.74, 6) is 0.195. The van der Waals surface area contributed by atoms with E-state index in [0.29, 0.717) is 25.3 Å². The molecular formula is C20H30N2O3. The summed E-state index contributed by atoms with van der Waals surface area (Å²) in [6, 6.07) is 7.38. The van der Waals surface area contributed by atoms with Crippen molar-refractivity contribution in [2.45, 2.75) is 65.1 Å². The first-order chi connectivity index (χ1) is 11.7. The van der Waals surface area contributed by atoms with Gasteiger partial charge in [-0.1, -0.05) is 38.1 Å². The Morgan fingerprint density at radius 2 is 1.96 bits per heavy atom. The Bertz CT molecular complexity index is 625. The molecule has 138 valence electrons. The Morgan fingerprint density at radius 1 is 1.32 bits per heavy atom. The fraction of sp³-hybridized carbons (Fsp3) is 0.600. The van der Waals surface area contributed by atoms with Crippen molar-refractivity contribution in [3.63, 3.8) is 0 Å². The lowest BCUT2D eigenvalue weighted by Crippen LogP contribution is -2.54. The molecule has 5 heteroatoms. The van der Waals surface area contributed by atoms with E-state index in [1.54, 1.807) is 11.8 Å². The third-order valence-electron chi connectivity index (χ3n) is 4.86. The van der Waals surface area contributed by atoms with Crippen LogP contribution in [0.2, 0.25) is 0 Å². The lowest BCUT2D eigenvalue weighted by atomic mass is 9.92. The van der Waals surface area contributed by atoms with Gasteiger partial charge in [-0.15, -0.1) is 0 Å². The Morgan fingerprint density at radius 3 is 2.56 bits per heavy atom. The number of aliphatic hydroxyl groups is 1. The number of carbonyl (C=O) groups is 2. The molecule has 1 aromatic carbocycles. The molecule has 2 rings (SSSR count). The maximum absolute atomic E-state index is 12.7. The highest BCUT2D eigenvalue weighted by Crippen LogP contribution is 2.24. The first kappa shape index (κ1) is 19.4. The second kappa shape index (κ2) is 8.00. The molecule has 0 bridgehead atoms. The number of hydrogen-bond donors (Lipinski definition) is 2. The molecule has 2 unspecified atom stereocenters. The van der Waals surface area contributed by atoms with Crippen LogP contribution in [0.1, 0.15) is 51.7 Å². The monoisotopic (exact) mass is 346 g/mol. The van der Waals surface area contributed by atoms with E-state index in [-0.39, 0.29) is 18.4 Å². The van der Waals surface area contributed by atoms with E-state index in [2.05, 4.69) is 19.2 Å². The Hall–Kier alpha value is -1.88. The van der Waals surface area contributed by atoms with Gasteiger partial charge in [0.1, 0.15) is 6.04 Å². The van der Waals surface area contributed by atoms with Crippen molar-refractivity contribution in [3.8, 4) is 0 Å². The molecular weight excluding hydrogens is 316 g/mol. The van der Waals surface area contributed by atoms with Crippen molar-refractivity contribution in [2.75, 3.05) is 6.54 Å². The van der Waals surface area contributed by atoms with Gasteiger partial charge >= 0.3 is 0 Å². The molecule has 2 amide bonds. The zero-order chi connectivity index (χ0) is 18.6.